The summed E-state index contributed by atoms with van der Waals surface area (Å²) in [6, 6.07) is 9.01. The Hall–Kier alpha value is -1.88. The molecule has 0 saturated carbocycles. The van der Waals surface area contributed by atoms with Crippen LogP contribution in [0.25, 0.3) is 0 Å². The zero-order valence-corrected chi connectivity index (χ0v) is 10.2. The van der Waals surface area contributed by atoms with Gasteiger partial charge in [0.1, 0.15) is 0 Å². The molecule has 0 spiro atoms. The van der Waals surface area contributed by atoms with Gasteiger partial charge in [-0.25, -0.2) is 0 Å². The molecule has 1 aromatic carbocycles. The number of carbonyl (C=O) groups is 2. The molecular weight excluding hydrogens is 236 g/mol. The van der Waals surface area contributed by atoms with Crippen LogP contribution >= 0.6 is 0 Å². The molecule has 0 amide bonds. The Balaban J connectivity index is 0.000000873. The zero-order valence-electron chi connectivity index (χ0n) is 10.2. The lowest BCUT2D eigenvalue weighted by Gasteiger charge is -2.09. The molecule has 18 heavy (non-hydrogen) atoms. The maximum Gasteiger partial charge on any atom is 0.307 e. The van der Waals surface area contributed by atoms with Gasteiger partial charge in [-0.05, 0) is 18.9 Å². The molecule has 0 bridgehead atoms. The van der Waals surface area contributed by atoms with Crippen LogP contribution in [-0.2, 0) is 16.0 Å². The van der Waals surface area contributed by atoms with Crippen LogP contribution in [0.2, 0.25) is 0 Å². The van der Waals surface area contributed by atoms with Gasteiger partial charge in [0.05, 0.1) is 12.3 Å². The van der Waals surface area contributed by atoms with Gasteiger partial charge in [-0.2, -0.15) is 0 Å². The van der Waals surface area contributed by atoms with Crippen LogP contribution in [0.3, 0.4) is 0 Å². The Morgan fingerprint density at radius 2 is 1.67 bits per heavy atom. The van der Waals surface area contributed by atoms with E-state index in [2.05, 4.69) is 0 Å². The first kappa shape index (κ1) is 16.1. The highest BCUT2D eigenvalue weighted by molar-refractivity contribution is 5.77. The van der Waals surface area contributed by atoms with E-state index in [1.165, 1.54) is 0 Å². The second-order valence-electron chi connectivity index (χ2n) is 3.64. The highest BCUT2D eigenvalue weighted by Gasteiger charge is 2.20. The third-order valence-corrected chi connectivity index (χ3v) is 2.10. The number of hydrogen-bond donors (Lipinski definition) is 3. The highest BCUT2D eigenvalue weighted by Crippen LogP contribution is 2.12. The molecular formula is C13H18O5. The van der Waals surface area contributed by atoms with E-state index >= 15 is 0 Å². The fourth-order valence-electron chi connectivity index (χ4n) is 1.36. The van der Waals surface area contributed by atoms with E-state index in [4.69, 9.17) is 15.3 Å². The van der Waals surface area contributed by atoms with Crippen molar-refractivity contribution in [1.29, 1.82) is 0 Å². The average Bonchev–Trinajstić information content (AvgIpc) is 2.30. The van der Waals surface area contributed by atoms with Crippen LogP contribution in [0, 0.1) is 5.92 Å². The molecule has 5 nitrogen and oxygen atoms in total. The molecule has 0 fully saturated rings. The Labute approximate surface area is 106 Å². The van der Waals surface area contributed by atoms with Crippen molar-refractivity contribution in [2.45, 2.75) is 19.8 Å². The molecule has 1 aromatic rings. The predicted octanol–water partition coefficient (Wildman–Crippen LogP) is 1.40. The molecule has 1 rings (SSSR count). The molecule has 100 valence electrons. The minimum Gasteiger partial charge on any atom is -0.481 e. The maximum absolute atomic E-state index is 10.8. The molecule has 0 aliphatic heterocycles. The monoisotopic (exact) mass is 254 g/mol. The Bertz CT molecular complexity index is 361. The van der Waals surface area contributed by atoms with E-state index in [0.29, 0.717) is 0 Å². The molecule has 0 heterocycles. The molecule has 1 atom stereocenters. The lowest BCUT2D eigenvalue weighted by molar-refractivity contribution is -0.148. The first-order valence-electron chi connectivity index (χ1n) is 5.60. The first-order chi connectivity index (χ1) is 8.51. The van der Waals surface area contributed by atoms with E-state index in [-0.39, 0.29) is 19.4 Å². The number of carboxylic acids is 2. The van der Waals surface area contributed by atoms with Crippen molar-refractivity contribution < 1.29 is 24.9 Å². The lowest BCUT2D eigenvalue weighted by atomic mass is 9.96. The number of hydrogen-bond acceptors (Lipinski definition) is 3. The number of aliphatic hydroxyl groups excluding tert-OH is 1. The number of benzene rings is 1. The second kappa shape index (κ2) is 9.18. The third kappa shape index (κ3) is 7.40. The van der Waals surface area contributed by atoms with E-state index in [9.17, 15) is 9.59 Å². The van der Waals surface area contributed by atoms with Crippen LogP contribution in [0.5, 0.6) is 0 Å². The van der Waals surface area contributed by atoms with Crippen molar-refractivity contribution in [3.8, 4) is 0 Å². The van der Waals surface area contributed by atoms with E-state index in [0.717, 1.165) is 5.56 Å². The summed E-state index contributed by atoms with van der Waals surface area (Å²) in [5.74, 6) is -3.01. The molecule has 3 N–H and O–H groups in total. The largest absolute Gasteiger partial charge is 0.481 e. The summed E-state index contributed by atoms with van der Waals surface area (Å²) in [6.45, 7) is 1.93. The Morgan fingerprint density at radius 1 is 1.17 bits per heavy atom. The summed E-state index contributed by atoms with van der Waals surface area (Å²) < 4.78 is 0. The summed E-state index contributed by atoms with van der Waals surface area (Å²) in [7, 11) is 0. The molecule has 1 unspecified atom stereocenters. The van der Waals surface area contributed by atoms with E-state index in [1.54, 1.807) is 31.2 Å². The predicted molar refractivity (Wildman–Crippen MR) is 66.3 cm³/mol. The topological polar surface area (TPSA) is 94.8 Å². The number of aliphatic carboxylic acids is 2. The number of carboxylic acid groups (broad SMARTS) is 2. The summed E-state index contributed by atoms with van der Waals surface area (Å²) in [5.41, 5.74) is 0.839. The molecule has 0 saturated heterocycles. The van der Waals surface area contributed by atoms with Gasteiger partial charge in [0.2, 0.25) is 0 Å². The van der Waals surface area contributed by atoms with Crippen molar-refractivity contribution in [2.75, 3.05) is 6.61 Å². The Morgan fingerprint density at radius 3 is 2.06 bits per heavy atom. The van der Waals surface area contributed by atoms with Gasteiger partial charge in [-0.3, -0.25) is 9.59 Å². The Kier molecular flexibility index (Phi) is 8.22. The fraction of sp³-hybridized carbons (Fsp3) is 0.385. The quantitative estimate of drug-likeness (QED) is 0.738. The van der Waals surface area contributed by atoms with Gasteiger partial charge in [0.15, 0.2) is 0 Å². The van der Waals surface area contributed by atoms with Crippen LogP contribution in [0.4, 0.5) is 0 Å². The van der Waals surface area contributed by atoms with Crippen molar-refractivity contribution in [3.05, 3.63) is 35.9 Å². The van der Waals surface area contributed by atoms with Gasteiger partial charge < -0.3 is 15.3 Å². The molecule has 0 aromatic heterocycles. The van der Waals surface area contributed by atoms with E-state index in [1.807, 2.05) is 6.07 Å². The molecule has 0 radical (unpaired) electrons. The van der Waals surface area contributed by atoms with Gasteiger partial charge in [0.25, 0.3) is 0 Å². The SMILES string of the molecule is CCO.O=C(O)CC(Cc1ccccc1)C(=O)O. The van der Waals surface area contributed by atoms with Crippen LogP contribution in [0.15, 0.2) is 30.3 Å². The van der Waals surface area contributed by atoms with Crippen LogP contribution in [0.1, 0.15) is 18.9 Å². The van der Waals surface area contributed by atoms with Gasteiger partial charge in [-0.15, -0.1) is 0 Å². The normalized spacial score (nSPS) is 11.0. The van der Waals surface area contributed by atoms with Crippen LogP contribution < -0.4 is 0 Å². The average molecular weight is 254 g/mol. The lowest BCUT2D eigenvalue weighted by Crippen LogP contribution is -2.20. The molecule has 0 aliphatic carbocycles. The summed E-state index contributed by atoms with van der Waals surface area (Å²) in [4.78, 5) is 21.2. The second-order valence-corrected chi connectivity index (χ2v) is 3.64. The van der Waals surface area contributed by atoms with Crippen molar-refractivity contribution in [3.63, 3.8) is 0 Å². The molecule has 0 aliphatic rings. The van der Waals surface area contributed by atoms with Crippen LogP contribution in [-0.4, -0.2) is 33.9 Å². The van der Waals surface area contributed by atoms with Crippen molar-refractivity contribution in [2.24, 2.45) is 5.92 Å². The number of rotatable bonds is 5. The maximum atomic E-state index is 10.8. The minimum atomic E-state index is -1.08. The number of aliphatic hydroxyl groups is 1. The molecule has 5 heteroatoms. The van der Waals surface area contributed by atoms with Gasteiger partial charge in [-0.1, -0.05) is 30.3 Å². The zero-order chi connectivity index (χ0) is 14.0. The van der Waals surface area contributed by atoms with Gasteiger partial charge >= 0.3 is 11.9 Å². The van der Waals surface area contributed by atoms with Crippen molar-refractivity contribution in [1.82, 2.24) is 0 Å². The van der Waals surface area contributed by atoms with Crippen molar-refractivity contribution >= 4 is 11.9 Å². The van der Waals surface area contributed by atoms with E-state index < -0.39 is 17.9 Å². The van der Waals surface area contributed by atoms with Gasteiger partial charge in [0, 0.05) is 6.61 Å². The summed E-state index contributed by atoms with van der Waals surface area (Å²) in [5, 5.41) is 24.9. The smallest absolute Gasteiger partial charge is 0.307 e. The summed E-state index contributed by atoms with van der Waals surface area (Å²) in [6.07, 6.45) is -0.0906. The third-order valence-electron chi connectivity index (χ3n) is 2.10. The minimum absolute atomic E-state index is 0.250. The fourth-order valence-corrected chi connectivity index (χ4v) is 1.36. The standard InChI is InChI=1S/C11H12O4.C2H6O/c12-10(13)7-9(11(14)15)6-8-4-2-1-3-5-8;1-2-3/h1-5,9H,6-7H2,(H,12,13)(H,14,15);3H,2H2,1H3. The first-order valence-corrected chi connectivity index (χ1v) is 5.60. The highest BCUT2D eigenvalue weighted by atomic mass is 16.4. The summed E-state index contributed by atoms with van der Waals surface area (Å²) >= 11 is 0.